The first kappa shape index (κ1) is 9.36. The molecule has 1 atom stereocenters. The van der Waals surface area contributed by atoms with Crippen LogP contribution in [0.1, 0.15) is 6.42 Å². The zero-order valence-electron chi connectivity index (χ0n) is 7.36. The van der Waals surface area contributed by atoms with Crippen LogP contribution in [0.5, 0.6) is 0 Å². The number of benzene rings is 1. The molecule has 1 aliphatic rings. The summed E-state index contributed by atoms with van der Waals surface area (Å²) in [4.78, 5) is 10.7. The van der Waals surface area contributed by atoms with E-state index in [1.807, 2.05) is 24.3 Å². The highest BCUT2D eigenvalue weighted by molar-refractivity contribution is 8.01. The van der Waals surface area contributed by atoms with Crippen molar-refractivity contribution in [3.63, 3.8) is 0 Å². The molecule has 0 amide bonds. The monoisotopic (exact) mass is 210 g/mol. The minimum Gasteiger partial charge on any atom is -0.481 e. The average molecular weight is 210 g/mol. The van der Waals surface area contributed by atoms with Crippen LogP contribution in [0.4, 0.5) is 5.69 Å². The highest BCUT2D eigenvalue weighted by Gasteiger charge is 2.35. The summed E-state index contributed by atoms with van der Waals surface area (Å²) in [7, 11) is 0. The molecule has 0 saturated carbocycles. The van der Waals surface area contributed by atoms with Crippen LogP contribution in [0, 0.1) is 0 Å². The Morgan fingerprint density at radius 2 is 2.29 bits per heavy atom. The number of para-hydroxylation sites is 1. The van der Waals surface area contributed by atoms with Gasteiger partial charge in [0.2, 0.25) is 0 Å². The molecule has 1 heterocycles. The molecule has 0 saturated heterocycles. The highest BCUT2D eigenvalue weighted by atomic mass is 32.2. The van der Waals surface area contributed by atoms with Crippen molar-refractivity contribution in [2.45, 2.75) is 16.3 Å². The molecule has 1 aromatic rings. The number of anilines is 1. The van der Waals surface area contributed by atoms with E-state index < -0.39 is 11.0 Å². The van der Waals surface area contributed by atoms with Gasteiger partial charge in [-0.3, -0.25) is 10.5 Å². The zero-order valence-corrected chi connectivity index (χ0v) is 8.17. The number of hydrogen-bond acceptors (Lipinski definition) is 4. The molecule has 1 aromatic carbocycles. The van der Waals surface area contributed by atoms with Crippen LogP contribution in [0.3, 0.4) is 0 Å². The number of carboxylic acid groups (broad SMARTS) is 1. The first-order valence-electron chi connectivity index (χ1n) is 4.16. The maximum absolute atomic E-state index is 10.6. The zero-order chi connectivity index (χ0) is 10.2. The first-order valence-corrected chi connectivity index (χ1v) is 4.98. The van der Waals surface area contributed by atoms with Gasteiger partial charge in [0.05, 0.1) is 12.1 Å². The van der Waals surface area contributed by atoms with Crippen molar-refractivity contribution >= 4 is 23.4 Å². The Morgan fingerprint density at radius 3 is 2.93 bits per heavy atom. The van der Waals surface area contributed by atoms with Crippen LogP contribution in [0.25, 0.3) is 0 Å². The molecule has 4 N–H and O–H groups in total. The molecule has 14 heavy (non-hydrogen) atoms. The van der Waals surface area contributed by atoms with Crippen molar-refractivity contribution in [2.75, 3.05) is 5.32 Å². The van der Waals surface area contributed by atoms with E-state index in [9.17, 15) is 4.79 Å². The largest absolute Gasteiger partial charge is 0.481 e. The van der Waals surface area contributed by atoms with E-state index in [0.717, 1.165) is 10.6 Å². The number of carboxylic acids is 1. The van der Waals surface area contributed by atoms with Crippen LogP contribution in [-0.4, -0.2) is 16.1 Å². The second-order valence-electron chi connectivity index (χ2n) is 3.18. The molecule has 0 aromatic heterocycles. The molecule has 0 bridgehead atoms. The third-order valence-corrected chi connectivity index (χ3v) is 3.13. The molecular formula is C9H10N2O2S. The Hall–Kier alpha value is -1.20. The van der Waals surface area contributed by atoms with Crippen molar-refractivity contribution < 1.29 is 9.90 Å². The quantitative estimate of drug-likeness (QED) is 0.685. The molecule has 0 fully saturated rings. The van der Waals surface area contributed by atoms with Crippen molar-refractivity contribution in [1.29, 1.82) is 0 Å². The Bertz CT molecular complexity index is 356. The lowest BCUT2D eigenvalue weighted by atomic mass is 10.3. The lowest BCUT2D eigenvalue weighted by molar-refractivity contribution is -0.137. The average Bonchev–Trinajstić information content (AvgIpc) is 2.38. The number of aliphatic carboxylic acids is 1. The molecule has 2 rings (SSSR count). The maximum atomic E-state index is 10.6. The van der Waals surface area contributed by atoms with E-state index in [0.29, 0.717) is 0 Å². The van der Waals surface area contributed by atoms with Crippen molar-refractivity contribution in [2.24, 2.45) is 5.73 Å². The van der Waals surface area contributed by atoms with E-state index in [-0.39, 0.29) is 6.42 Å². The van der Waals surface area contributed by atoms with Gasteiger partial charge in [-0.15, -0.1) is 0 Å². The normalized spacial score (nSPS) is 24.1. The number of hydrogen-bond donors (Lipinski definition) is 3. The summed E-state index contributed by atoms with van der Waals surface area (Å²) in [5, 5.41) is 11.7. The molecule has 0 aliphatic carbocycles. The maximum Gasteiger partial charge on any atom is 0.308 e. The Balaban J connectivity index is 2.21. The number of carbonyl (C=O) groups is 1. The Labute approximate surface area is 85.5 Å². The molecule has 5 heteroatoms. The van der Waals surface area contributed by atoms with E-state index in [4.69, 9.17) is 10.8 Å². The summed E-state index contributed by atoms with van der Waals surface area (Å²) >= 11 is 1.35. The summed E-state index contributed by atoms with van der Waals surface area (Å²) < 4.78 is 0. The highest BCUT2D eigenvalue weighted by Crippen LogP contribution is 2.43. The standard InChI is InChI=1S/C9H10N2O2S/c10-9(5-8(12)13)11-6-3-1-2-4-7(6)14-9/h1-4,11H,5,10H2,(H,12,13). The Morgan fingerprint density at radius 1 is 1.57 bits per heavy atom. The van der Waals surface area contributed by atoms with Crippen LogP contribution in [0.15, 0.2) is 29.2 Å². The lowest BCUT2D eigenvalue weighted by Crippen LogP contribution is -2.43. The molecule has 4 nitrogen and oxygen atoms in total. The van der Waals surface area contributed by atoms with E-state index in [2.05, 4.69) is 5.32 Å². The predicted octanol–water partition coefficient (Wildman–Crippen LogP) is 1.29. The number of nitrogens with one attached hydrogen (secondary N) is 1. The minimum atomic E-state index is -0.907. The first-order chi connectivity index (χ1) is 6.59. The van der Waals surface area contributed by atoms with Gasteiger partial charge in [0.15, 0.2) is 0 Å². The summed E-state index contributed by atoms with van der Waals surface area (Å²) in [5.74, 6) is -0.902. The van der Waals surface area contributed by atoms with E-state index in [1.54, 1.807) is 0 Å². The second-order valence-corrected chi connectivity index (χ2v) is 4.56. The van der Waals surface area contributed by atoms with Gasteiger partial charge in [0.1, 0.15) is 4.99 Å². The third kappa shape index (κ3) is 1.69. The van der Waals surface area contributed by atoms with Gasteiger partial charge in [-0.1, -0.05) is 23.9 Å². The SMILES string of the molecule is NC1(CC(=O)O)Nc2ccccc2S1. The number of rotatable bonds is 2. The third-order valence-electron chi connectivity index (χ3n) is 1.94. The number of nitrogens with two attached hydrogens (primary N) is 1. The molecule has 1 unspecified atom stereocenters. The molecular weight excluding hydrogens is 200 g/mol. The summed E-state index contributed by atoms with van der Waals surface area (Å²) in [6.45, 7) is 0. The van der Waals surface area contributed by atoms with Gasteiger partial charge in [-0.05, 0) is 12.1 Å². The van der Waals surface area contributed by atoms with Crippen molar-refractivity contribution in [3.8, 4) is 0 Å². The smallest absolute Gasteiger partial charge is 0.308 e. The van der Waals surface area contributed by atoms with Gasteiger partial charge >= 0.3 is 5.97 Å². The fourth-order valence-electron chi connectivity index (χ4n) is 1.41. The fourth-order valence-corrected chi connectivity index (χ4v) is 2.54. The van der Waals surface area contributed by atoms with Gasteiger partial charge < -0.3 is 10.4 Å². The lowest BCUT2D eigenvalue weighted by Gasteiger charge is -2.21. The summed E-state index contributed by atoms with van der Waals surface area (Å²) in [6.07, 6.45) is -0.105. The number of fused-ring (bicyclic) bond motifs is 1. The van der Waals surface area contributed by atoms with Gasteiger partial charge in [0.25, 0.3) is 0 Å². The molecule has 74 valence electrons. The van der Waals surface area contributed by atoms with Crippen LogP contribution < -0.4 is 11.1 Å². The summed E-state index contributed by atoms with van der Waals surface area (Å²) in [6, 6.07) is 7.60. The minimum absolute atomic E-state index is 0.105. The van der Waals surface area contributed by atoms with Crippen LogP contribution in [0.2, 0.25) is 0 Å². The second kappa shape index (κ2) is 3.18. The summed E-state index contributed by atoms with van der Waals surface area (Å²) in [5.41, 5.74) is 6.79. The number of thioether (sulfide) groups is 1. The Kier molecular flexibility index (Phi) is 2.13. The van der Waals surface area contributed by atoms with E-state index >= 15 is 0 Å². The fraction of sp³-hybridized carbons (Fsp3) is 0.222. The topological polar surface area (TPSA) is 75.4 Å². The predicted molar refractivity (Wildman–Crippen MR) is 55.1 cm³/mol. The van der Waals surface area contributed by atoms with Gasteiger partial charge in [0, 0.05) is 4.90 Å². The van der Waals surface area contributed by atoms with Gasteiger partial charge in [-0.25, -0.2) is 0 Å². The van der Waals surface area contributed by atoms with Crippen molar-refractivity contribution in [1.82, 2.24) is 0 Å². The van der Waals surface area contributed by atoms with Crippen LogP contribution in [-0.2, 0) is 4.79 Å². The molecule has 0 radical (unpaired) electrons. The van der Waals surface area contributed by atoms with Gasteiger partial charge in [-0.2, -0.15) is 0 Å². The molecule has 1 aliphatic heterocycles. The van der Waals surface area contributed by atoms with Crippen LogP contribution >= 0.6 is 11.8 Å². The van der Waals surface area contributed by atoms with Crippen molar-refractivity contribution in [3.05, 3.63) is 24.3 Å². The van der Waals surface area contributed by atoms with E-state index in [1.165, 1.54) is 11.8 Å². The molecule has 0 spiro atoms.